The lowest BCUT2D eigenvalue weighted by molar-refractivity contribution is 0.425. The lowest BCUT2D eigenvalue weighted by Crippen LogP contribution is -2.11. The molecular weight excluding hydrogens is 112 g/mol. The fraction of sp³-hybridized carbons (Fsp3) is 0.571. The molecule has 0 atom stereocenters. The summed E-state index contributed by atoms with van der Waals surface area (Å²) in [6.45, 7) is 2.08. The molecule has 1 aliphatic rings. The summed E-state index contributed by atoms with van der Waals surface area (Å²) in [5.74, 6) is 0. The molecule has 1 heterocycles. The molecule has 0 bridgehead atoms. The molecule has 48 valence electrons. The van der Waals surface area contributed by atoms with Gasteiger partial charge in [0.25, 0.3) is 0 Å². The third kappa shape index (κ3) is 1.55. The van der Waals surface area contributed by atoms with Gasteiger partial charge in [0.15, 0.2) is 0 Å². The van der Waals surface area contributed by atoms with Gasteiger partial charge < -0.3 is 4.90 Å². The van der Waals surface area contributed by atoms with Gasteiger partial charge in [-0.15, -0.1) is 0 Å². The Bertz CT molecular complexity index is 164. The molecule has 0 spiro atoms. The van der Waals surface area contributed by atoms with Gasteiger partial charge in [-0.1, -0.05) is 0 Å². The van der Waals surface area contributed by atoms with Crippen LogP contribution in [-0.2, 0) is 0 Å². The quantitative estimate of drug-likeness (QED) is 0.444. The van der Waals surface area contributed by atoms with Crippen molar-refractivity contribution < 1.29 is 0 Å². The minimum Gasteiger partial charge on any atom is -0.302 e. The first kappa shape index (κ1) is 6.31. The summed E-state index contributed by atoms with van der Waals surface area (Å²) in [4.78, 5) is 2.21. The molecule has 0 saturated carbocycles. The number of rotatable bonds is 0. The van der Waals surface area contributed by atoms with Gasteiger partial charge >= 0.3 is 0 Å². The Labute approximate surface area is 55.4 Å². The second-order valence-corrected chi connectivity index (χ2v) is 2.42. The molecule has 0 radical (unpaired) electrons. The highest BCUT2D eigenvalue weighted by molar-refractivity contribution is 5.17. The molecule has 0 aromatic rings. The number of nitriles is 1. The number of hydrogen-bond acceptors (Lipinski definition) is 2. The van der Waals surface area contributed by atoms with E-state index in [1.54, 1.807) is 6.08 Å². The van der Waals surface area contributed by atoms with Crippen molar-refractivity contribution in [1.29, 1.82) is 5.26 Å². The standard InChI is InChI=1S/C7H10N2/c1-9-5-3-7(6-9)2-4-8/h2H,3,5-6H2,1H3/b7-2+. The van der Waals surface area contributed by atoms with Gasteiger partial charge in [0.05, 0.1) is 6.07 Å². The van der Waals surface area contributed by atoms with Crippen molar-refractivity contribution in [1.82, 2.24) is 4.90 Å². The number of likely N-dealkylation sites (tertiary alicyclic amines) is 1. The maximum absolute atomic E-state index is 8.27. The van der Waals surface area contributed by atoms with Crippen molar-refractivity contribution >= 4 is 0 Å². The highest BCUT2D eigenvalue weighted by Gasteiger charge is 2.10. The molecule has 2 nitrogen and oxygen atoms in total. The average molecular weight is 122 g/mol. The van der Waals surface area contributed by atoms with E-state index < -0.39 is 0 Å². The van der Waals surface area contributed by atoms with Crippen LogP contribution in [0.25, 0.3) is 0 Å². The summed E-state index contributed by atoms with van der Waals surface area (Å²) in [7, 11) is 2.07. The Hall–Kier alpha value is -0.810. The minimum atomic E-state index is 0.980. The summed E-state index contributed by atoms with van der Waals surface area (Å²) in [5, 5.41) is 8.27. The number of hydrogen-bond donors (Lipinski definition) is 0. The van der Waals surface area contributed by atoms with Crippen LogP contribution in [0.2, 0.25) is 0 Å². The summed E-state index contributed by atoms with van der Waals surface area (Å²) < 4.78 is 0. The fourth-order valence-corrected chi connectivity index (χ4v) is 1.05. The van der Waals surface area contributed by atoms with Crippen LogP contribution < -0.4 is 0 Å². The van der Waals surface area contributed by atoms with E-state index in [2.05, 4.69) is 11.9 Å². The van der Waals surface area contributed by atoms with E-state index in [4.69, 9.17) is 5.26 Å². The molecule has 1 fully saturated rings. The molecule has 2 heteroatoms. The van der Waals surface area contributed by atoms with Gasteiger partial charge in [-0.05, 0) is 19.0 Å². The molecule has 1 saturated heterocycles. The smallest absolute Gasteiger partial charge is 0.0912 e. The van der Waals surface area contributed by atoms with Crippen molar-refractivity contribution in [2.24, 2.45) is 0 Å². The van der Waals surface area contributed by atoms with Crippen molar-refractivity contribution in [3.05, 3.63) is 11.6 Å². The zero-order valence-corrected chi connectivity index (χ0v) is 5.59. The highest BCUT2D eigenvalue weighted by Crippen LogP contribution is 2.11. The van der Waals surface area contributed by atoms with Crippen molar-refractivity contribution in [3.63, 3.8) is 0 Å². The number of nitrogens with zero attached hydrogens (tertiary/aromatic N) is 2. The van der Waals surface area contributed by atoms with Crippen molar-refractivity contribution in [2.45, 2.75) is 6.42 Å². The third-order valence-corrected chi connectivity index (χ3v) is 1.56. The summed E-state index contributed by atoms with van der Waals surface area (Å²) >= 11 is 0. The first-order chi connectivity index (χ1) is 4.33. The molecule has 9 heavy (non-hydrogen) atoms. The minimum absolute atomic E-state index is 0.980. The van der Waals surface area contributed by atoms with Crippen LogP contribution >= 0.6 is 0 Å². The van der Waals surface area contributed by atoms with Gasteiger partial charge in [-0.2, -0.15) is 5.26 Å². The first-order valence-electron chi connectivity index (χ1n) is 3.09. The van der Waals surface area contributed by atoms with E-state index in [0.717, 1.165) is 19.5 Å². The monoisotopic (exact) mass is 122 g/mol. The Morgan fingerprint density at radius 2 is 2.56 bits per heavy atom. The van der Waals surface area contributed by atoms with Crippen LogP contribution in [0.1, 0.15) is 6.42 Å². The van der Waals surface area contributed by atoms with E-state index in [9.17, 15) is 0 Å². The van der Waals surface area contributed by atoms with Crippen molar-refractivity contribution in [2.75, 3.05) is 20.1 Å². The maximum atomic E-state index is 8.27. The van der Waals surface area contributed by atoms with E-state index in [1.165, 1.54) is 5.57 Å². The summed E-state index contributed by atoms with van der Waals surface area (Å²) in [6, 6.07) is 2.04. The molecule has 0 N–H and O–H groups in total. The lowest BCUT2D eigenvalue weighted by Gasteiger charge is -2.01. The summed E-state index contributed by atoms with van der Waals surface area (Å²) in [6.07, 6.45) is 2.73. The first-order valence-corrected chi connectivity index (χ1v) is 3.09. The predicted octanol–water partition coefficient (Wildman–Crippen LogP) is 0.772. The Kier molecular flexibility index (Phi) is 1.86. The fourth-order valence-electron chi connectivity index (χ4n) is 1.05. The second-order valence-electron chi connectivity index (χ2n) is 2.42. The van der Waals surface area contributed by atoms with Gasteiger partial charge in [-0.25, -0.2) is 0 Å². The SMILES string of the molecule is CN1CC/C(=C\C#N)C1. The van der Waals surface area contributed by atoms with E-state index >= 15 is 0 Å². The number of allylic oxidation sites excluding steroid dienone is 1. The molecule has 1 rings (SSSR count). The van der Waals surface area contributed by atoms with Crippen LogP contribution in [0.5, 0.6) is 0 Å². The second kappa shape index (κ2) is 2.65. The molecule has 0 unspecified atom stereocenters. The van der Waals surface area contributed by atoms with Crippen LogP contribution in [0, 0.1) is 11.3 Å². The van der Waals surface area contributed by atoms with Gasteiger partial charge in [0.1, 0.15) is 0 Å². The Morgan fingerprint density at radius 1 is 1.78 bits per heavy atom. The largest absolute Gasteiger partial charge is 0.302 e. The Morgan fingerprint density at radius 3 is 3.00 bits per heavy atom. The summed E-state index contributed by atoms with van der Waals surface area (Å²) in [5.41, 5.74) is 1.26. The van der Waals surface area contributed by atoms with Gasteiger partial charge in [-0.3, -0.25) is 0 Å². The van der Waals surface area contributed by atoms with Crippen LogP contribution in [0.15, 0.2) is 11.6 Å². The normalized spacial score (nSPS) is 24.7. The van der Waals surface area contributed by atoms with Crippen LogP contribution in [0.4, 0.5) is 0 Å². The maximum Gasteiger partial charge on any atom is 0.0912 e. The topological polar surface area (TPSA) is 27.0 Å². The van der Waals surface area contributed by atoms with Gasteiger partial charge in [0, 0.05) is 19.2 Å². The molecule has 1 aliphatic heterocycles. The highest BCUT2D eigenvalue weighted by atomic mass is 15.1. The van der Waals surface area contributed by atoms with E-state index in [-0.39, 0.29) is 0 Å². The molecule has 0 aliphatic carbocycles. The predicted molar refractivity (Wildman–Crippen MR) is 35.8 cm³/mol. The van der Waals surface area contributed by atoms with Crippen LogP contribution in [0.3, 0.4) is 0 Å². The third-order valence-electron chi connectivity index (χ3n) is 1.56. The van der Waals surface area contributed by atoms with Crippen molar-refractivity contribution in [3.8, 4) is 6.07 Å². The molecular formula is C7H10N2. The molecule has 0 aromatic carbocycles. The molecule has 0 amide bonds. The van der Waals surface area contributed by atoms with E-state index in [1.807, 2.05) is 6.07 Å². The van der Waals surface area contributed by atoms with Crippen LogP contribution in [-0.4, -0.2) is 25.0 Å². The zero-order chi connectivity index (χ0) is 6.69. The Balaban J connectivity index is 2.50. The number of likely N-dealkylation sites (N-methyl/N-ethyl adjacent to an activating group) is 1. The molecule has 0 aromatic heterocycles. The van der Waals surface area contributed by atoms with E-state index in [0.29, 0.717) is 0 Å². The zero-order valence-electron chi connectivity index (χ0n) is 5.59. The average Bonchev–Trinajstić information content (AvgIpc) is 2.17. The lowest BCUT2D eigenvalue weighted by atomic mass is 10.2. The van der Waals surface area contributed by atoms with Gasteiger partial charge in [0.2, 0.25) is 0 Å².